The van der Waals surface area contributed by atoms with E-state index in [0.29, 0.717) is 0 Å². The fraction of sp³-hybridized carbons (Fsp3) is 0.462. The number of carboxylic acids is 1. The maximum Gasteiger partial charge on any atom is 0.329 e. The second-order valence-electron chi connectivity index (χ2n) is 4.43. The minimum Gasteiger partial charge on any atom is -0.480 e. The number of carbonyl (C=O) groups is 1. The molecule has 0 fully saturated rings. The minimum atomic E-state index is -3.41. The molecule has 1 unspecified atom stereocenters. The van der Waals surface area contributed by atoms with E-state index in [2.05, 4.69) is 4.72 Å². The first-order valence-electron chi connectivity index (χ1n) is 6.22. The third kappa shape index (κ3) is 6.65. The van der Waals surface area contributed by atoms with E-state index in [1.165, 1.54) is 0 Å². The van der Waals surface area contributed by atoms with Crippen LogP contribution in [-0.4, -0.2) is 45.0 Å². The molecule has 0 aliphatic carbocycles. The zero-order valence-corrected chi connectivity index (χ0v) is 12.1. The highest BCUT2D eigenvalue weighted by Gasteiger charge is 2.16. The highest BCUT2D eigenvalue weighted by atomic mass is 32.2. The predicted octanol–water partition coefficient (Wildman–Crippen LogP) is 0.811. The zero-order valence-electron chi connectivity index (χ0n) is 11.3. The summed E-state index contributed by atoms with van der Waals surface area (Å²) in [5.41, 5.74) is 0.958. The lowest BCUT2D eigenvalue weighted by Crippen LogP contribution is -2.31. The first kappa shape index (κ1) is 16.6. The zero-order chi connectivity index (χ0) is 15.0. The smallest absolute Gasteiger partial charge is 0.329 e. The normalized spacial score (nSPS) is 13.1. The first-order valence-corrected chi connectivity index (χ1v) is 7.88. The Morgan fingerprint density at radius 3 is 2.60 bits per heavy atom. The third-order valence-corrected chi connectivity index (χ3v) is 4.21. The molecule has 0 aliphatic rings. The number of benzene rings is 1. The van der Waals surface area contributed by atoms with Gasteiger partial charge in [-0.05, 0) is 11.5 Å². The highest BCUT2D eigenvalue weighted by molar-refractivity contribution is 7.89. The van der Waals surface area contributed by atoms with Crippen LogP contribution in [0, 0.1) is 0 Å². The van der Waals surface area contributed by atoms with Crippen molar-refractivity contribution in [3.63, 3.8) is 0 Å². The SMILES string of the molecule is CC(CS(=O)(=O)NCCOCC(=O)O)c1ccccc1. The molecule has 7 heteroatoms. The molecule has 112 valence electrons. The number of nitrogens with one attached hydrogen (secondary N) is 1. The average molecular weight is 301 g/mol. The van der Waals surface area contributed by atoms with Crippen molar-refractivity contribution in [1.29, 1.82) is 0 Å². The molecule has 6 nitrogen and oxygen atoms in total. The van der Waals surface area contributed by atoms with Crippen molar-refractivity contribution in [1.82, 2.24) is 4.72 Å². The summed E-state index contributed by atoms with van der Waals surface area (Å²) >= 11 is 0. The van der Waals surface area contributed by atoms with Crippen molar-refractivity contribution in [2.45, 2.75) is 12.8 Å². The van der Waals surface area contributed by atoms with Crippen LogP contribution in [-0.2, 0) is 19.6 Å². The Labute approximate surface area is 118 Å². The molecule has 0 bridgehead atoms. The van der Waals surface area contributed by atoms with E-state index in [4.69, 9.17) is 9.84 Å². The molecule has 2 N–H and O–H groups in total. The monoisotopic (exact) mass is 301 g/mol. The largest absolute Gasteiger partial charge is 0.480 e. The van der Waals surface area contributed by atoms with Crippen molar-refractivity contribution in [3.05, 3.63) is 35.9 Å². The average Bonchev–Trinajstić information content (AvgIpc) is 2.38. The van der Waals surface area contributed by atoms with E-state index in [-0.39, 0.29) is 24.8 Å². The molecule has 1 aromatic rings. The van der Waals surface area contributed by atoms with Crippen LogP contribution in [0.4, 0.5) is 0 Å². The summed E-state index contributed by atoms with van der Waals surface area (Å²) in [6.07, 6.45) is 0. The first-order chi connectivity index (χ1) is 9.41. The van der Waals surface area contributed by atoms with E-state index in [9.17, 15) is 13.2 Å². The molecule has 0 amide bonds. The van der Waals surface area contributed by atoms with Gasteiger partial charge >= 0.3 is 5.97 Å². The number of rotatable bonds is 9. The molecule has 0 aliphatic heterocycles. The second-order valence-corrected chi connectivity index (χ2v) is 6.29. The van der Waals surface area contributed by atoms with Gasteiger partial charge in [0, 0.05) is 6.54 Å². The number of sulfonamides is 1. The number of hydrogen-bond acceptors (Lipinski definition) is 4. The molecular weight excluding hydrogens is 282 g/mol. The molecule has 20 heavy (non-hydrogen) atoms. The van der Waals surface area contributed by atoms with Crippen molar-refractivity contribution in [2.24, 2.45) is 0 Å². The van der Waals surface area contributed by atoms with Gasteiger partial charge in [-0.3, -0.25) is 0 Å². The van der Waals surface area contributed by atoms with Gasteiger partial charge in [-0.1, -0.05) is 37.3 Å². The molecule has 0 saturated carbocycles. The van der Waals surface area contributed by atoms with Gasteiger partial charge < -0.3 is 9.84 Å². The Hall–Kier alpha value is -1.44. The van der Waals surface area contributed by atoms with E-state index < -0.39 is 22.6 Å². The summed E-state index contributed by atoms with van der Waals surface area (Å²) in [7, 11) is -3.41. The van der Waals surface area contributed by atoms with Crippen LogP contribution in [0.25, 0.3) is 0 Å². The summed E-state index contributed by atoms with van der Waals surface area (Å²) in [5.74, 6) is -1.21. The summed E-state index contributed by atoms with van der Waals surface area (Å²) in [5, 5.41) is 8.35. The molecule has 1 atom stereocenters. The molecule has 0 aromatic heterocycles. The van der Waals surface area contributed by atoms with Gasteiger partial charge in [0.15, 0.2) is 0 Å². The quantitative estimate of drug-likeness (QED) is 0.658. The fourth-order valence-electron chi connectivity index (χ4n) is 1.69. The lowest BCUT2D eigenvalue weighted by molar-refractivity contribution is -0.142. The van der Waals surface area contributed by atoms with Crippen molar-refractivity contribution in [2.75, 3.05) is 25.5 Å². The van der Waals surface area contributed by atoms with Crippen molar-refractivity contribution < 1.29 is 23.1 Å². The van der Waals surface area contributed by atoms with Gasteiger partial charge in [-0.25, -0.2) is 17.9 Å². The highest BCUT2D eigenvalue weighted by Crippen LogP contribution is 2.15. The molecule has 0 radical (unpaired) electrons. The van der Waals surface area contributed by atoms with E-state index in [1.807, 2.05) is 37.3 Å². The molecule has 1 aromatic carbocycles. The van der Waals surface area contributed by atoms with Gasteiger partial charge in [-0.15, -0.1) is 0 Å². The lowest BCUT2D eigenvalue weighted by Gasteiger charge is -2.13. The lowest BCUT2D eigenvalue weighted by atomic mass is 10.0. The van der Waals surface area contributed by atoms with E-state index in [1.54, 1.807) is 0 Å². The van der Waals surface area contributed by atoms with Crippen LogP contribution in [0.2, 0.25) is 0 Å². The Morgan fingerprint density at radius 2 is 2.00 bits per heavy atom. The summed E-state index contributed by atoms with van der Waals surface area (Å²) in [6.45, 7) is 1.51. The van der Waals surface area contributed by atoms with Gasteiger partial charge in [0.25, 0.3) is 0 Å². The second kappa shape index (κ2) is 7.98. The van der Waals surface area contributed by atoms with Crippen LogP contribution in [0.3, 0.4) is 0 Å². The Balaban J connectivity index is 2.36. The Kier molecular flexibility index (Phi) is 6.63. The molecule has 0 saturated heterocycles. The van der Waals surface area contributed by atoms with Crippen LogP contribution in [0.5, 0.6) is 0 Å². The summed E-state index contributed by atoms with van der Waals surface area (Å²) in [4.78, 5) is 10.2. The van der Waals surface area contributed by atoms with Crippen molar-refractivity contribution in [3.8, 4) is 0 Å². The Bertz CT molecular complexity index is 515. The van der Waals surface area contributed by atoms with E-state index >= 15 is 0 Å². The third-order valence-electron chi connectivity index (χ3n) is 2.63. The predicted molar refractivity (Wildman–Crippen MR) is 75.1 cm³/mol. The molecule has 0 heterocycles. The standard InChI is InChI=1S/C13H19NO5S/c1-11(12-5-3-2-4-6-12)10-20(17,18)14-7-8-19-9-13(15)16/h2-6,11,14H,7-10H2,1H3,(H,15,16). The van der Waals surface area contributed by atoms with Gasteiger partial charge in [0.2, 0.25) is 10.0 Å². The topological polar surface area (TPSA) is 92.7 Å². The van der Waals surface area contributed by atoms with Crippen molar-refractivity contribution >= 4 is 16.0 Å². The number of hydrogen-bond donors (Lipinski definition) is 2. The number of aliphatic carboxylic acids is 1. The molecule has 1 rings (SSSR count). The van der Waals surface area contributed by atoms with Crippen LogP contribution in [0.15, 0.2) is 30.3 Å². The number of carboxylic acid groups (broad SMARTS) is 1. The molecular formula is C13H19NO5S. The molecule has 0 spiro atoms. The maximum absolute atomic E-state index is 11.8. The Morgan fingerprint density at radius 1 is 1.35 bits per heavy atom. The van der Waals surface area contributed by atoms with Crippen LogP contribution >= 0.6 is 0 Å². The van der Waals surface area contributed by atoms with E-state index in [0.717, 1.165) is 5.56 Å². The fourth-order valence-corrected chi connectivity index (χ4v) is 3.06. The van der Waals surface area contributed by atoms with Gasteiger partial charge in [-0.2, -0.15) is 0 Å². The van der Waals surface area contributed by atoms with Crippen LogP contribution < -0.4 is 4.72 Å². The maximum atomic E-state index is 11.8. The van der Waals surface area contributed by atoms with Crippen LogP contribution in [0.1, 0.15) is 18.4 Å². The minimum absolute atomic E-state index is 0.0179. The number of ether oxygens (including phenoxy) is 1. The van der Waals surface area contributed by atoms with Gasteiger partial charge in [0.1, 0.15) is 6.61 Å². The summed E-state index contributed by atoms with van der Waals surface area (Å²) < 4.78 is 30.8. The summed E-state index contributed by atoms with van der Waals surface area (Å²) in [6, 6.07) is 9.38. The van der Waals surface area contributed by atoms with Gasteiger partial charge in [0.05, 0.1) is 12.4 Å².